The minimum atomic E-state index is -0.270. The van der Waals surface area contributed by atoms with Gasteiger partial charge >= 0.3 is 6.03 Å². The van der Waals surface area contributed by atoms with Crippen LogP contribution in [0.2, 0.25) is 5.02 Å². The van der Waals surface area contributed by atoms with Crippen LogP contribution in [0.15, 0.2) is 48.7 Å². The summed E-state index contributed by atoms with van der Waals surface area (Å²) < 4.78 is 0. The zero-order chi connectivity index (χ0) is 18.8. The summed E-state index contributed by atoms with van der Waals surface area (Å²) in [5.74, 6) is 0.563. The van der Waals surface area contributed by atoms with Crippen molar-refractivity contribution >= 4 is 39.9 Å². The maximum atomic E-state index is 12.3. The Morgan fingerprint density at radius 3 is 2.48 bits per heavy atom. The lowest BCUT2D eigenvalue weighted by Gasteiger charge is -2.28. The molecule has 0 unspecified atom stereocenters. The number of nitrogens with one attached hydrogen (secondary N) is 3. The van der Waals surface area contributed by atoms with Crippen molar-refractivity contribution in [2.45, 2.75) is 18.8 Å². The first-order valence-corrected chi connectivity index (χ1v) is 9.59. The number of piperidine rings is 1. The van der Waals surface area contributed by atoms with E-state index in [1.165, 1.54) is 10.9 Å². The molecule has 1 aliphatic rings. The van der Waals surface area contributed by atoms with E-state index in [4.69, 9.17) is 11.6 Å². The lowest BCUT2D eigenvalue weighted by Crippen LogP contribution is -2.29. The number of urea groups is 1. The number of benzene rings is 2. The van der Waals surface area contributed by atoms with Crippen molar-refractivity contribution < 1.29 is 4.79 Å². The second kappa shape index (κ2) is 7.62. The third-order valence-corrected chi connectivity index (χ3v) is 5.48. The van der Waals surface area contributed by atoms with Gasteiger partial charge in [-0.05, 0) is 86.9 Å². The molecule has 2 heterocycles. The number of halogens is 1. The van der Waals surface area contributed by atoms with Crippen molar-refractivity contribution in [3.05, 3.63) is 59.2 Å². The minimum absolute atomic E-state index is 0.270. The first kappa shape index (κ1) is 17.9. The molecule has 0 spiro atoms. The van der Waals surface area contributed by atoms with Gasteiger partial charge < -0.3 is 20.5 Å². The first-order valence-electron chi connectivity index (χ1n) is 9.21. The van der Waals surface area contributed by atoms with Gasteiger partial charge in [-0.2, -0.15) is 0 Å². The second-order valence-electron chi connectivity index (χ2n) is 7.17. The Labute approximate surface area is 163 Å². The summed E-state index contributed by atoms with van der Waals surface area (Å²) >= 11 is 5.88. The highest BCUT2D eigenvalue weighted by molar-refractivity contribution is 6.30. The summed E-state index contributed by atoms with van der Waals surface area (Å²) in [5.41, 5.74) is 3.93. The van der Waals surface area contributed by atoms with Gasteiger partial charge in [-0.3, -0.25) is 0 Å². The van der Waals surface area contributed by atoms with E-state index in [0.717, 1.165) is 37.1 Å². The Hall–Kier alpha value is -2.50. The molecule has 0 radical (unpaired) electrons. The van der Waals surface area contributed by atoms with Crippen molar-refractivity contribution in [3.63, 3.8) is 0 Å². The van der Waals surface area contributed by atoms with Gasteiger partial charge in [-0.1, -0.05) is 11.6 Å². The van der Waals surface area contributed by atoms with E-state index in [2.05, 4.69) is 39.8 Å². The van der Waals surface area contributed by atoms with Gasteiger partial charge in [0.2, 0.25) is 0 Å². The van der Waals surface area contributed by atoms with Crippen LogP contribution >= 0.6 is 11.6 Å². The quantitative estimate of drug-likeness (QED) is 0.577. The van der Waals surface area contributed by atoms with Crippen LogP contribution in [0.4, 0.5) is 16.2 Å². The molecular formula is C21H23ClN4O. The Morgan fingerprint density at radius 2 is 1.74 bits per heavy atom. The van der Waals surface area contributed by atoms with E-state index in [1.807, 2.05) is 12.1 Å². The fraction of sp³-hybridized carbons (Fsp3) is 0.286. The number of hydrogen-bond donors (Lipinski definition) is 3. The van der Waals surface area contributed by atoms with Crippen LogP contribution in [0.5, 0.6) is 0 Å². The maximum absolute atomic E-state index is 12.3. The van der Waals surface area contributed by atoms with Gasteiger partial charge in [-0.15, -0.1) is 0 Å². The molecule has 1 aliphatic heterocycles. The average molecular weight is 383 g/mol. The zero-order valence-electron chi connectivity index (χ0n) is 15.3. The number of likely N-dealkylation sites (tertiary alicyclic amines) is 1. The van der Waals surface area contributed by atoms with Crippen molar-refractivity contribution in [2.24, 2.45) is 0 Å². The van der Waals surface area contributed by atoms with E-state index >= 15 is 0 Å². The summed E-state index contributed by atoms with van der Waals surface area (Å²) in [6.45, 7) is 2.25. The molecule has 5 nitrogen and oxygen atoms in total. The first-order chi connectivity index (χ1) is 13.1. The van der Waals surface area contributed by atoms with E-state index in [0.29, 0.717) is 16.6 Å². The fourth-order valence-electron chi connectivity index (χ4n) is 3.70. The van der Waals surface area contributed by atoms with Gasteiger partial charge in [0.05, 0.1) is 0 Å². The number of H-pyrrole nitrogens is 1. The minimum Gasteiger partial charge on any atom is -0.361 e. The number of nitrogens with zero attached hydrogens (tertiary/aromatic N) is 1. The zero-order valence-corrected chi connectivity index (χ0v) is 16.0. The lowest BCUT2D eigenvalue weighted by molar-refractivity contribution is 0.256. The van der Waals surface area contributed by atoms with E-state index in [-0.39, 0.29) is 6.03 Å². The van der Waals surface area contributed by atoms with Crippen LogP contribution in [0, 0.1) is 0 Å². The number of hydrogen-bond acceptors (Lipinski definition) is 2. The molecule has 0 atom stereocenters. The molecule has 0 bridgehead atoms. The Kier molecular flexibility index (Phi) is 5.05. The SMILES string of the molecule is CN1CCC(c2c[nH]c3ccc(NC(=O)Nc4ccc(Cl)cc4)cc23)CC1. The number of rotatable bonds is 3. The van der Waals surface area contributed by atoms with Crippen molar-refractivity contribution in [3.8, 4) is 0 Å². The van der Waals surface area contributed by atoms with Crippen LogP contribution in [0.25, 0.3) is 10.9 Å². The Morgan fingerprint density at radius 1 is 1.07 bits per heavy atom. The molecule has 27 heavy (non-hydrogen) atoms. The summed E-state index contributed by atoms with van der Waals surface area (Å²) in [5, 5.41) is 7.57. The van der Waals surface area contributed by atoms with Crippen LogP contribution in [0.1, 0.15) is 24.3 Å². The molecule has 140 valence electrons. The van der Waals surface area contributed by atoms with Crippen molar-refractivity contribution in [2.75, 3.05) is 30.8 Å². The summed E-state index contributed by atoms with van der Waals surface area (Å²) in [6, 6.07) is 12.8. The highest BCUT2D eigenvalue weighted by Gasteiger charge is 2.21. The van der Waals surface area contributed by atoms with Crippen LogP contribution in [-0.2, 0) is 0 Å². The summed E-state index contributed by atoms with van der Waals surface area (Å²) in [6.07, 6.45) is 4.45. The van der Waals surface area contributed by atoms with Gasteiger partial charge in [-0.25, -0.2) is 4.79 Å². The molecule has 6 heteroatoms. The highest BCUT2D eigenvalue weighted by atomic mass is 35.5. The average Bonchev–Trinajstić information content (AvgIpc) is 3.07. The number of aromatic nitrogens is 1. The molecule has 1 saturated heterocycles. The maximum Gasteiger partial charge on any atom is 0.323 e. The van der Waals surface area contributed by atoms with Crippen LogP contribution in [0.3, 0.4) is 0 Å². The molecular weight excluding hydrogens is 360 g/mol. The molecule has 3 aromatic rings. The highest BCUT2D eigenvalue weighted by Crippen LogP contribution is 2.34. The molecule has 0 aliphatic carbocycles. The largest absolute Gasteiger partial charge is 0.361 e. The molecule has 4 rings (SSSR count). The van der Waals surface area contributed by atoms with Crippen LogP contribution in [-0.4, -0.2) is 36.1 Å². The number of carbonyl (C=O) groups excluding carboxylic acids is 1. The van der Waals surface area contributed by atoms with Gasteiger partial charge in [0.25, 0.3) is 0 Å². The summed E-state index contributed by atoms with van der Waals surface area (Å²) in [4.78, 5) is 18.0. The van der Waals surface area contributed by atoms with Crippen LogP contribution < -0.4 is 10.6 Å². The van der Waals surface area contributed by atoms with E-state index < -0.39 is 0 Å². The number of carbonyl (C=O) groups is 1. The third-order valence-electron chi connectivity index (χ3n) is 5.23. The normalized spacial score (nSPS) is 15.8. The van der Waals surface area contributed by atoms with Gasteiger partial charge in [0, 0.05) is 33.5 Å². The number of fused-ring (bicyclic) bond motifs is 1. The smallest absolute Gasteiger partial charge is 0.323 e. The fourth-order valence-corrected chi connectivity index (χ4v) is 3.83. The monoisotopic (exact) mass is 382 g/mol. The van der Waals surface area contributed by atoms with Crippen molar-refractivity contribution in [1.29, 1.82) is 0 Å². The molecule has 1 aromatic heterocycles. The second-order valence-corrected chi connectivity index (χ2v) is 7.60. The third kappa shape index (κ3) is 4.10. The predicted octanol–water partition coefficient (Wildman–Crippen LogP) is 5.27. The molecule has 0 saturated carbocycles. The Bertz CT molecular complexity index is 942. The van der Waals surface area contributed by atoms with Gasteiger partial charge in [0.15, 0.2) is 0 Å². The topological polar surface area (TPSA) is 60.2 Å². The number of aromatic amines is 1. The predicted molar refractivity (Wildman–Crippen MR) is 112 cm³/mol. The molecule has 3 N–H and O–H groups in total. The number of anilines is 2. The lowest BCUT2D eigenvalue weighted by atomic mass is 9.89. The molecule has 2 aromatic carbocycles. The van der Waals surface area contributed by atoms with Crippen molar-refractivity contribution in [1.82, 2.24) is 9.88 Å². The molecule has 1 fully saturated rings. The Balaban J connectivity index is 1.50. The summed E-state index contributed by atoms with van der Waals surface area (Å²) in [7, 11) is 2.17. The molecule has 2 amide bonds. The number of amides is 2. The van der Waals surface area contributed by atoms with Gasteiger partial charge in [0.1, 0.15) is 0 Å². The van der Waals surface area contributed by atoms with E-state index in [1.54, 1.807) is 24.3 Å². The standard InChI is InChI=1S/C21H23ClN4O/c1-26-10-8-14(9-11-26)19-13-23-20-7-6-17(12-18(19)20)25-21(27)24-16-4-2-15(22)3-5-16/h2-7,12-14,23H,8-11H2,1H3,(H2,24,25,27). The van der Waals surface area contributed by atoms with E-state index in [9.17, 15) is 4.79 Å².